The van der Waals surface area contributed by atoms with Crippen LogP contribution in [0.3, 0.4) is 0 Å². The summed E-state index contributed by atoms with van der Waals surface area (Å²) >= 11 is 0. The quantitative estimate of drug-likeness (QED) is 0.709. The standard InChI is InChI=1S/C10H11FN2/c1-13-6-7(5-12)9-3-2-8(11)4-10(9)13/h2-4,6H,5,12H2,1H3. The third-order valence-electron chi connectivity index (χ3n) is 2.26. The highest BCUT2D eigenvalue weighted by molar-refractivity contribution is 5.83. The van der Waals surface area contributed by atoms with Gasteiger partial charge in [0.2, 0.25) is 0 Å². The van der Waals surface area contributed by atoms with Gasteiger partial charge in [0, 0.05) is 25.2 Å². The van der Waals surface area contributed by atoms with E-state index in [0.29, 0.717) is 6.54 Å². The van der Waals surface area contributed by atoms with Gasteiger partial charge in [-0.1, -0.05) is 0 Å². The fraction of sp³-hybridized carbons (Fsp3) is 0.200. The summed E-state index contributed by atoms with van der Waals surface area (Å²) in [5, 5.41) is 1.03. The van der Waals surface area contributed by atoms with Crippen molar-refractivity contribution >= 4 is 10.9 Å². The lowest BCUT2D eigenvalue weighted by Crippen LogP contribution is -1.94. The Kier molecular flexibility index (Phi) is 1.81. The Labute approximate surface area is 75.8 Å². The zero-order valence-electron chi connectivity index (χ0n) is 7.42. The van der Waals surface area contributed by atoms with Gasteiger partial charge in [-0.3, -0.25) is 0 Å². The van der Waals surface area contributed by atoms with E-state index in [9.17, 15) is 4.39 Å². The number of rotatable bonds is 1. The Bertz CT molecular complexity index is 445. The topological polar surface area (TPSA) is 30.9 Å². The van der Waals surface area contributed by atoms with Gasteiger partial charge in [0.25, 0.3) is 0 Å². The van der Waals surface area contributed by atoms with E-state index >= 15 is 0 Å². The summed E-state index contributed by atoms with van der Waals surface area (Å²) in [5.41, 5.74) is 7.50. The van der Waals surface area contributed by atoms with E-state index in [0.717, 1.165) is 16.5 Å². The van der Waals surface area contributed by atoms with Gasteiger partial charge >= 0.3 is 0 Å². The Hall–Kier alpha value is -1.35. The van der Waals surface area contributed by atoms with Gasteiger partial charge in [-0.2, -0.15) is 0 Å². The van der Waals surface area contributed by atoms with Crippen LogP contribution in [0.1, 0.15) is 5.56 Å². The fourth-order valence-corrected chi connectivity index (χ4v) is 1.60. The number of benzene rings is 1. The largest absolute Gasteiger partial charge is 0.350 e. The zero-order chi connectivity index (χ0) is 9.42. The molecular formula is C10H11FN2. The van der Waals surface area contributed by atoms with Crippen LogP contribution in [0, 0.1) is 5.82 Å². The molecule has 0 fully saturated rings. The maximum absolute atomic E-state index is 12.9. The molecule has 0 saturated heterocycles. The first-order valence-electron chi connectivity index (χ1n) is 4.16. The average Bonchev–Trinajstić information content (AvgIpc) is 2.43. The molecule has 2 aromatic rings. The normalized spacial score (nSPS) is 11.0. The molecular weight excluding hydrogens is 167 g/mol. The molecule has 0 aliphatic rings. The van der Waals surface area contributed by atoms with Crippen molar-refractivity contribution in [3.63, 3.8) is 0 Å². The van der Waals surface area contributed by atoms with E-state index in [1.54, 1.807) is 6.07 Å². The highest BCUT2D eigenvalue weighted by Crippen LogP contribution is 2.20. The van der Waals surface area contributed by atoms with Crippen LogP contribution < -0.4 is 5.73 Å². The van der Waals surface area contributed by atoms with Gasteiger partial charge in [-0.05, 0) is 23.8 Å². The summed E-state index contributed by atoms with van der Waals surface area (Å²) in [6.07, 6.45) is 1.93. The van der Waals surface area contributed by atoms with E-state index in [1.807, 2.05) is 17.8 Å². The predicted octanol–water partition coefficient (Wildman–Crippen LogP) is 1.78. The van der Waals surface area contributed by atoms with Crippen molar-refractivity contribution in [3.05, 3.63) is 35.8 Å². The van der Waals surface area contributed by atoms with Crippen molar-refractivity contribution in [1.29, 1.82) is 0 Å². The maximum Gasteiger partial charge on any atom is 0.125 e. The van der Waals surface area contributed by atoms with Gasteiger partial charge in [0.15, 0.2) is 0 Å². The second kappa shape index (κ2) is 2.85. The Morgan fingerprint density at radius 1 is 1.46 bits per heavy atom. The van der Waals surface area contributed by atoms with Crippen molar-refractivity contribution in [2.75, 3.05) is 0 Å². The van der Waals surface area contributed by atoms with Crippen molar-refractivity contribution in [3.8, 4) is 0 Å². The lowest BCUT2D eigenvalue weighted by molar-refractivity contribution is 0.629. The minimum absolute atomic E-state index is 0.211. The SMILES string of the molecule is Cn1cc(CN)c2ccc(F)cc21. The summed E-state index contributed by atoms with van der Waals surface area (Å²) in [6, 6.07) is 4.75. The molecule has 0 aliphatic carbocycles. The highest BCUT2D eigenvalue weighted by atomic mass is 19.1. The molecule has 13 heavy (non-hydrogen) atoms. The molecule has 0 amide bonds. The van der Waals surface area contributed by atoms with Gasteiger partial charge < -0.3 is 10.3 Å². The first-order valence-corrected chi connectivity index (χ1v) is 4.16. The molecule has 1 aromatic carbocycles. The van der Waals surface area contributed by atoms with Crippen molar-refractivity contribution in [2.24, 2.45) is 12.8 Å². The van der Waals surface area contributed by atoms with Crippen LogP contribution >= 0.6 is 0 Å². The van der Waals surface area contributed by atoms with Gasteiger partial charge in [0.05, 0.1) is 5.52 Å². The Morgan fingerprint density at radius 2 is 2.23 bits per heavy atom. The number of fused-ring (bicyclic) bond motifs is 1. The van der Waals surface area contributed by atoms with E-state index in [2.05, 4.69) is 0 Å². The van der Waals surface area contributed by atoms with Gasteiger partial charge in [-0.15, -0.1) is 0 Å². The van der Waals surface area contributed by atoms with Crippen LogP contribution in [0.15, 0.2) is 24.4 Å². The number of hydrogen-bond donors (Lipinski definition) is 1. The summed E-state index contributed by atoms with van der Waals surface area (Å²) in [4.78, 5) is 0. The fourth-order valence-electron chi connectivity index (χ4n) is 1.60. The van der Waals surface area contributed by atoms with Crippen LogP contribution in [0.4, 0.5) is 4.39 Å². The molecule has 0 radical (unpaired) electrons. The molecule has 0 spiro atoms. The minimum Gasteiger partial charge on any atom is -0.350 e. The third-order valence-corrected chi connectivity index (χ3v) is 2.26. The predicted molar refractivity (Wildman–Crippen MR) is 50.8 cm³/mol. The summed E-state index contributed by atoms with van der Waals surface area (Å²) in [7, 11) is 1.89. The summed E-state index contributed by atoms with van der Waals surface area (Å²) in [6.45, 7) is 0.489. The molecule has 0 aliphatic heterocycles. The van der Waals surface area contributed by atoms with Crippen molar-refractivity contribution in [2.45, 2.75) is 6.54 Å². The second-order valence-electron chi connectivity index (χ2n) is 3.13. The molecule has 0 atom stereocenters. The lowest BCUT2D eigenvalue weighted by atomic mass is 10.2. The second-order valence-corrected chi connectivity index (χ2v) is 3.13. The first kappa shape index (κ1) is 8.26. The molecule has 3 heteroatoms. The number of halogens is 1. The van der Waals surface area contributed by atoms with Crippen molar-refractivity contribution in [1.82, 2.24) is 4.57 Å². The summed E-state index contributed by atoms with van der Waals surface area (Å²) < 4.78 is 14.8. The van der Waals surface area contributed by atoms with Crippen LogP contribution in [-0.2, 0) is 13.6 Å². The third kappa shape index (κ3) is 1.21. The van der Waals surface area contributed by atoms with E-state index in [4.69, 9.17) is 5.73 Å². The molecule has 0 bridgehead atoms. The van der Waals surface area contributed by atoms with Gasteiger partial charge in [0.1, 0.15) is 5.82 Å². The molecule has 1 aromatic heterocycles. The molecule has 0 unspecified atom stereocenters. The van der Waals surface area contributed by atoms with Gasteiger partial charge in [-0.25, -0.2) is 4.39 Å². The number of nitrogens with zero attached hydrogens (tertiary/aromatic N) is 1. The molecule has 2 N–H and O–H groups in total. The Morgan fingerprint density at radius 3 is 2.92 bits per heavy atom. The smallest absolute Gasteiger partial charge is 0.125 e. The molecule has 68 valence electrons. The molecule has 2 nitrogen and oxygen atoms in total. The average molecular weight is 178 g/mol. The number of hydrogen-bond acceptors (Lipinski definition) is 1. The van der Waals surface area contributed by atoms with Crippen LogP contribution in [-0.4, -0.2) is 4.57 Å². The van der Waals surface area contributed by atoms with E-state index in [1.165, 1.54) is 12.1 Å². The number of aryl methyl sites for hydroxylation is 1. The molecule has 1 heterocycles. The van der Waals surface area contributed by atoms with Crippen LogP contribution in [0.5, 0.6) is 0 Å². The Balaban J connectivity index is 2.80. The summed E-state index contributed by atoms with van der Waals surface area (Å²) in [5.74, 6) is -0.211. The lowest BCUT2D eigenvalue weighted by Gasteiger charge is -1.95. The monoisotopic (exact) mass is 178 g/mol. The van der Waals surface area contributed by atoms with Crippen molar-refractivity contribution < 1.29 is 4.39 Å². The zero-order valence-corrected chi connectivity index (χ0v) is 7.42. The molecule has 2 rings (SSSR count). The first-order chi connectivity index (χ1) is 6.22. The number of aromatic nitrogens is 1. The number of nitrogens with two attached hydrogens (primary N) is 1. The van der Waals surface area contributed by atoms with Crippen LogP contribution in [0.25, 0.3) is 10.9 Å². The minimum atomic E-state index is -0.211. The molecule has 0 saturated carbocycles. The maximum atomic E-state index is 12.9. The van der Waals surface area contributed by atoms with E-state index in [-0.39, 0.29) is 5.82 Å². The van der Waals surface area contributed by atoms with E-state index < -0.39 is 0 Å². The van der Waals surface area contributed by atoms with Crippen LogP contribution in [0.2, 0.25) is 0 Å². The highest BCUT2D eigenvalue weighted by Gasteiger charge is 2.05.